The summed E-state index contributed by atoms with van der Waals surface area (Å²) in [6, 6.07) is -0.780. The molecule has 9 N–H and O–H groups in total. The van der Waals surface area contributed by atoms with E-state index >= 15 is 0 Å². The molecule has 0 aliphatic heterocycles. The topological polar surface area (TPSA) is 164 Å². The lowest BCUT2D eigenvalue weighted by atomic mass is 10.1. The van der Waals surface area contributed by atoms with Crippen molar-refractivity contribution < 1.29 is 9.90 Å². The summed E-state index contributed by atoms with van der Waals surface area (Å²) in [5.74, 6) is -1.41. The third-order valence-corrected chi connectivity index (χ3v) is 2.36. The highest BCUT2D eigenvalue weighted by atomic mass is 16.4. The van der Waals surface area contributed by atoms with Crippen molar-refractivity contribution in [2.75, 3.05) is 13.1 Å². The highest BCUT2D eigenvalue weighted by molar-refractivity contribution is 5.76. The zero-order valence-electron chi connectivity index (χ0n) is 11.1. The molecule has 1 atom stereocenters. The van der Waals surface area contributed by atoms with Gasteiger partial charge >= 0.3 is 5.97 Å². The number of hydrazine groups is 1. The molecule has 0 bridgehead atoms. The summed E-state index contributed by atoms with van der Waals surface area (Å²) in [6.45, 7) is 2.81. The van der Waals surface area contributed by atoms with Crippen molar-refractivity contribution in [2.24, 2.45) is 11.5 Å². The van der Waals surface area contributed by atoms with Crippen molar-refractivity contribution in [2.45, 2.75) is 32.2 Å². The van der Waals surface area contributed by atoms with Gasteiger partial charge in [-0.1, -0.05) is 6.92 Å². The summed E-state index contributed by atoms with van der Waals surface area (Å²) < 4.78 is 0. The SMILES string of the molecule is CCCN(NC(=N)N)C(CCCNC(=N)N)C(=O)O. The number of guanidine groups is 2. The van der Waals surface area contributed by atoms with Gasteiger partial charge in [-0.15, -0.1) is 0 Å². The molecule has 0 aromatic heterocycles. The number of carboxylic acid groups (broad SMARTS) is 1. The molecule has 0 aliphatic carbocycles. The van der Waals surface area contributed by atoms with Gasteiger partial charge in [-0.25, -0.2) is 5.01 Å². The largest absolute Gasteiger partial charge is 0.480 e. The molecule has 110 valence electrons. The quantitative estimate of drug-likeness (QED) is 0.120. The highest BCUT2D eigenvalue weighted by Gasteiger charge is 2.25. The molecule has 9 heteroatoms. The maximum atomic E-state index is 11.2. The zero-order chi connectivity index (χ0) is 14.8. The fourth-order valence-corrected chi connectivity index (χ4v) is 1.62. The van der Waals surface area contributed by atoms with Crippen LogP contribution in [0, 0.1) is 10.8 Å². The number of carboxylic acids is 1. The molecule has 0 saturated heterocycles. The van der Waals surface area contributed by atoms with Crippen LogP contribution >= 0.6 is 0 Å². The van der Waals surface area contributed by atoms with Crippen LogP contribution in [0.5, 0.6) is 0 Å². The van der Waals surface area contributed by atoms with Crippen LogP contribution in [0.3, 0.4) is 0 Å². The van der Waals surface area contributed by atoms with Crippen LogP contribution in [0.15, 0.2) is 0 Å². The van der Waals surface area contributed by atoms with E-state index in [4.69, 9.17) is 22.3 Å². The standard InChI is InChI=1S/C10H23N7O2/c1-2-6-17(16-10(13)14)7(8(18)19)4-3-5-15-9(11)12/h7H,2-6H2,1H3,(H,18,19)(H4,11,12,15)(H4,13,14,16). The Labute approximate surface area is 112 Å². The van der Waals surface area contributed by atoms with Gasteiger partial charge in [0.2, 0.25) is 5.96 Å². The molecule has 0 heterocycles. The smallest absolute Gasteiger partial charge is 0.322 e. The molecule has 0 fully saturated rings. The first-order valence-electron chi connectivity index (χ1n) is 6.06. The van der Waals surface area contributed by atoms with Crippen LogP contribution in [-0.2, 0) is 4.79 Å². The van der Waals surface area contributed by atoms with Gasteiger partial charge in [-0.2, -0.15) is 0 Å². The van der Waals surface area contributed by atoms with Gasteiger partial charge in [0.25, 0.3) is 0 Å². The van der Waals surface area contributed by atoms with Crippen molar-refractivity contribution in [3.8, 4) is 0 Å². The average molecular weight is 273 g/mol. The predicted octanol–water partition coefficient (Wildman–Crippen LogP) is -1.19. The van der Waals surface area contributed by atoms with Gasteiger partial charge in [0.1, 0.15) is 6.04 Å². The molecule has 0 aliphatic rings. The van der Waals surface area contributed by atoms with Crippen LogP contribution < -0.4 is 22.2 Å². The van der Waals surface area contributed by atoms with Crippen LogP contribution in [0.25, 0.3) is 0 Å². The molecular weight excluding hydrogens is 250 g/mol. The van der Waals surface area contributed by atoms with E-state index in [1.165, 1.54) is 5.01 Å². The lowest BCUT2D eigenvalue weighted by Gasteiger charge is -2.28. The van der Waals surface area contributed by atoms with Crippen LogP contribution in [0.1, 0.15) is 26.2 Å². The fourth-order valence-electron chi connectivity index (χ4n) is 1.62. The second kappa shape index (κ2) is 8.97. The zero-order valence-corrected chi connectivity index (χ0v) is 11.1. The van der Waals surface area contributed by atoms with Gasteiger partial charge in [-0.3, -0.25) is 21.0 Å². The number of hydrogen-bond donors (Lipinski definition) is 7. The van der Waals surface area contributed by atoms with Gasteiger partial charge in [-0.05, 0) is 19.3 Å². The molecule has 1 unspecified atom stereocenters. The molecule has 0 spiro atoms. The molecule has 9 nitrogen and oxygen atoms in total. The van der Waals surface area contributed by atoms with E-state index < -0.39 is 12.0 Å². The summed E-state index contributed by atoms with van der Waals surface area (Å²) in [5, 5.41) is 27.4. The number of nitrogens with one attached hydrogen (secondary N) is 4. The maximum absolute atomic E-state index is 11.2. The lowest BCUT2D eigenvalue weighted by molar-refractivity contribution is -0.144. The maximum Gasteiger partial charge on any atom is 0.322 e. The number of nitrogens with two attached hydrogens (primary N) is 2. The second-order valence-electron chi connectivity index (χ2n) is 4.06. The first kappa shape index (κ1) is 17.0. The van der Waals surface area contributed by atoms with Gasteiger partial charge in [0.15, 0.2) is 5.96 Å². The highest BCUT2D eigenvalue weighted by Crippen LogP contribution is 2.06. The Morgan fingerprint density at radius 2 is 2.00 bits per heavy atom. The van der Waals surface area contributed by atoms with Crippen molar-refractivity contribution in [3.63, 3.8) is 0 Å². The second-order valence-corrected chi connectivity index (χ2v) is 4.06. The Kier molecular flexibility index (Phi) is 8.02. The van der Waals surface area contributed by atoms with E-state index in [-0.39, 0.29) is 11.9 Å². The van der Waals surface area contributed by atoms with Gasteiger partial charge in [0.05, 0.1) is 0 Å². The van der Waals surface area contributed by atoms with Crippen molar-refractivity contribution in [1.82, 2.24) is 15.8 Å². The van der Waals surface area contributed by atoms with Gasteiger partial charge < -0.3 is 21.9 Å². The molecule has 19 heavy (non-hydrogen) atoms. The normalized spacial score (nSPS) is 11.9. The molecule has 0 aromatic carbocycles. The first-order valence-corrected chi connectivity index (χ1v) is 6.06. The third kappa shape index (κ3) is 7.82. The van der Waals surface area contributed by atoms with Crippen LogP contribution in [-0.4, -0.2) is 47.1 Å². The Balaban J connectivity index is 4.43. The average Bonchev–Trinajstić information content (AvgIpc) is 2.27. The summed E-state index contributed by atoms with van der Waals surface area (Å²) in [4.78, 5) is 11.2. The molecule has 0 radical (unpaired) electrons. The Bertz CT molecular complexity index is 321. The molecule has 0 aromatic rings. The minimum Gasteiger partial charge on any atom is -0.480 e. The van der Waals surface area contributed by atoms with E-state index in [1.54, 1.807) is 0 Å². The van der Waals surface area contributed by atoms with Crippen LogP contribution in [0.2, 0.25) is 0 Å². The summed E-state index contributed by atoms with van der Waals surface area (Å²) in [5.41, 5.74) is 12.9. The molecule has 0 saturated carbocycles. The van der Waals surface area contributed by atoms with Crippen molar-refractivity contribution >= 4 is 17.9 Å². The van der Waals surface area contributed by atoms with Gasteiger partial charge in [0, 0.05) is 13.1 Å². The number of rotatable bonds is 9. The molecule has 0 rings (SSSR count). The third-order valence-electron chi connectivity index (χ3n) is 2.36. The fraction of sp³-hybridized carbons (Fsp3) is 0.700. The summed E-state index contributed by atoms with van der Waals surface area (Å²) in [6.07, 6.45) is 1.63. The first-order chi connectivity index (χ1) is 8.88. The molecule has 0 amide bonds. The molecular formula is C10H23N7O2. The van der Waals surface area contributed by atoms with Crippen molar-refractivity contribution in [3.05, 3.63) is 0 Å². The van der Waals surface area contributed by atoms with E-state index in [2.05, 4.69) is 10.7 Å². The monoisotopic (exact) mass is 273 g/mol. The Hall–Kier alpha value is -2.03. The van der Waals surface area contributed by atoms with Crippen LogP contribution in [0.4, 0.5) is 0 Å². The van der Waals surface area contributed by atoms with E-state index in [0.717, 1.165) is 6.42 Å². The lowest BCUT2D eigenvalue weighted by Crippen LogP contribution is -2.54. The number of hydrogen-bond acceptors (Lipinski definition) is 4. The van der Waals surface area contributed by atoms with E-state index in [9.17, 15) is 9.90 Å². The predicted molar refractivity (Wildman–Crippen MR) is 72.6 cm³/mol. The number of nitrogens with zero attached hydrogens (tertiary/aromatic N) is 1. The summed E-state index contributed by atoms with van der Waals surface area (Å²) in [7, 11) is 0. The Morgan fingerprint density at radius 1 is 1.37 bits per heavy atom. The number of aliphatic carboxylic acids is 1. The van der Waals surface area contributed by atoms with Crippen molar-refractivity contribution in [1.29, 1.82) is 10.8 Å². The summed E-state index contributed by atoms with van der Waals surface area (Å²) >= 11 is 0. The van der Waals surface area contributed by atoms with E-state index in [0.29, 0.717) is 25.9 Å². The minimum atomic E-state index is -0.981. The minimum absolute atomic E-state index is 0.140. The Morgan fingerprint density at radius 3 is 2.42 bits per heavy atom. The van der Waals surface area contributed by atoms with E-state index in [1.807, 2.05) is 6.92 Å². The number of carbonyl (C=O) groups is 1.